The van der Waals surface area contributed by atoms with E-state index in [1.165, 1.54) is 0 Å². The Morgan fingerprint density at radius 2 is 1.39 bits per heavy atom. The summed E-state index contributed by atoms with van der Waals surface area (Å²) in [5.41, 5.74) is 0.681. The SMILES string of the molecule is O=C(COc1ccc(I)cc1)c1ccc(I)cc1. The van der Waals surface area contributed by atoms with Gasteiger partial charge in [-0.3, -0.25) is 4.79 Å². The Bertz CT molecular complexity index is 533. The summed E-state index contributed by atoms with van der Waals surface area (Å²) < 4.78 is 7.71. The molecule has 4 heteroatoms. The first kappa shape index (κ1) is 13.8. The van der Waals surface area contributed by atoms with Crippen molar-refractivity contribution in [3.05, 3.63) is 61.2 Å². The van der Waals surface area contributed by atoms with Gasteiger partial charge in [0, 0.05) is 12.7 Å². The number of hydrogen-bond acceptors (Lipinski definition) is 2. The zero-order chi connectivity index (χ0) is 13.0. The van der Waals surface area contributed by atoms with Gasteiger partial charge >= 0.3 is 0 Å². The van der Waals surface area contributed by atoms with Crippen molar-refractivity contribution in [2.45, 2.75) is 0 Å². The van der Waals surface area contributed by atoms with Gasteiger partial charge in [-0.2, -0.15) is 0 Å². The van der Waals surface area contributed by atoms with Crippen LogP contribution in [0.1, 0.15) is 10.4 Å². The van der Waals surface area contributed by atoms with E-state index in [1.54, 1.807) is 0 Å². The first-order valence-electron chi connectivity index (χ1n) is 5.32. The van der Waals surface area contributed by atoms with Crippen molar-refractivity contribution in [2.75, 3.05) is 6.61 Å². The van der Waals surface area contributed by atoms with E-state index in [4.69, 9.17) is 4.74 Å². The number of Topliss-reactive ketones (excluding diaryl/α,β-unsaturated/α-hetero) is 1. The van der Waals surface area contributed by atoms with Crippen molar-refractivity contribution < 1.29 is 9.53 Å². The molecule has 0 unspecified atom stereocenters. The predicted octanol–water partition coefficient (Wildman–Crippen LogP) is 4.16. The zero-order valence-electron chi connectivity index (χ0n) is 9.40. The topological polar surface area (TPSA) is 26.3 Å². The fraction of sp³-hybridized carbons (Fsp3) is 0.0714. The minimum atomic E-state index is -0.00931. The molecule has 0 atom stereocenters. The summed E-state index contributed by atoms with van der Waals surface area (Å²) >= 11 is 4.44. The van der Waals surface area contributed by atoms with Gasteiger partial charge in [0.2, 0.25) is 0 Å². The maximum absolute atomic E-state index is 11.9. The van der Waals surface area contributed by atoms with Crippen molar-refractivity contribution in [3.63, 3.8) is 0 Å². The minimum absolute atomic E-state index is 0.00931. The summed E-state index contributed by atoms with van der Waals surface area (Å²) in [6.45, 7) is 0.0706. The largest absolute Gasteiger partial charge is 0.485 e. The number of carbonyl (C=O) groups is 1. The number of hydrogen-bond donors (Lipinski definition) is 0. The van der Waals surface area contributed by atoms with Crippen LogP contribution in [0.5, 0.6) is 5.75 Å². The number of halogens is 2. The molecule has 0 bridgehead atoms. The molecule has 0 radical (unpaired) electrons. The van der Waals surface area contributed by atoms with E-state index in [0.29, 0.717) is 11.3 Å². The molecule has 92 valence electrons. The standard InChI is InChI=1S/C14H10I2O2/c15-11-3-1-10(2-4-11)14(17)9-18-13-7-5-12(16)6-8-13/h1-8H,9H2. The summed E-state index contributed by atoms with van der Waals surface area (Å²) in [5.74, 6) is 0.708. The molecule has 0 amide bonds. The molecule has 0 aliphatic rings. The molecular weight excluding hydrogens is 454 g/mol. The second kappa shape index (κ2) is 6.51. The van der Waals surface area contributed by atoms with Gasteiger partial charge in [0.05, 0.1) is 0 Å². The summed E-state index contributed by atoms with van der Waals surface area (Å²) in [5, 5.41) is 0. The lowest BCUT2D eigenvalue weighted by atomic mass is 10.1. The Kier molecular flexibility index (Phi) is 4.99. The van der Waals surface area contributed by atoms with Crippen LogP contribution in [0, 0.1) is 7.14 Å². The lowest BCUT2D eigenvalue weighted by Gasteiger charge is -2.05. The fourth-order valence-corrected chi connectivity index (χ4v) is 2.12. The molecule has 0 spiro atoms. The Hall–Kier alpha value is -0.630. The van der Waals surface area contributed by atoms with Gasteiger partial charge in [-0.05, 0) is 81.6 Å². The second-order valence-corrected chi connectivity index (χ2v) is 6.16. The Labute approximate surface area is 133 Å². The van der Waals surface area contributed by atoms with Crippen LogP contribution in [0.3, 0.4) is 0 Å². The lowest BCUT2D eigenvalue weighted by Crippen LogP contribution is -2.11. The monoisotopic (exact) mass is 464 g/mol. The van der Waals surface area contributed by atoms with Crippen molar-refractivity contribution >= 4 is 51.0 Å². The van der Waals surface area contributed by atoms with Crippen LogP contribution < -0.4 is 4.74 Å². The van der Waals surface area contributed by atoms with E-state index in [0.717, 1.165) is 7.14 Å². The fourth-order valence-electron chi connectivity index (χ4n) is 1.40. The molecule has 2 aromatic rings. The molecule has 0 N–H and O–H groups in total. The van der Waals surface area contributed by atoms with Crippen molar-refractivity contribution in [3.8, 4) is 5.75 Å². The van der Waals surface area contributed by atoms with E-state index >= 15 is 0 Å². The first-order chi connectivity index (χ1) is 8.65. The third kappa shape index (κ3) is 3.94. The van der Waals surface area contributed by atoms with Gasteiger partial charge in [-0.15, -0.1) is 0 Å². The Morgan fingerprint density at radius 3 is 1.94 bits per heavy atom. The summed E-state index contributed by atoms with van der Waals surface area (Å²) in [4.78, 5) is 11.9. The molecule has 2 aromatic carbocycles. The molecule has 0 saturated heterocycles. The van der Waals surface area contributed by atoms with Crippen molar-refractivity contribution in [2.24, 2.45) is 0 Å². The molecule has 0 aromatic heterocycles. The van der Waals surface area contributed by atoms with E-state index in [2.05, 4.69) is 45.2 Å². The number of rotatable bonds is 4. The molecule has 2 nitrogen and oxygen atoms in total. The average Bonchev–Trinajstić information content (AvgIpc) is 2.38. The number of carbonyl (C=O) groups excluding carboxylic acids is 1. The maximum Gasteiger partial charge on any atom is 0.200 e. The van der Waals surface area contributed by atoms with Gasteiger partial charge in [-0.1, -0.05) is 12.1 Å². The van der Waals surface area contributed by atoms with Crippen LogP contribution >= 0.6 is 45.2 Å². The maximum atomic E-state index is 11.9. The third-order valence-electron chi connectivity index (χ3n) is 2.35. The van der Waals surface area contributed by atoms with Crippen molar-refractivity contribution in [1.29, 1.82) is 0 Å². The first-order valence-corrected chi connectivity index (χ1v) is 7.48. The Balaban J connectivity index is 1.96. The smallest absolute Gasteiger partial charge is 0.200 e. The highest BCUT2D eigenvalue weighted by Gasteiger charge is 2.06. The van der Waals surface area contributed by atoms with Gasteiger partial charge in [0.1, 0.15) is 5.75 Å². The van der Waals surface area contributed by atoms with Crippen LogP contribution in [-0.2, 0) is 0 Å². The van der Waals surface area contributed by atoms with Crippen LogP contribution in [0.2, 0.25) is 0 Å². The van der Waals surface area contributed by atoms with Gasteiger partial charge in [-0.25, -0.2) is 0 Å². The van der Waals surface area contributed by atoms with Crippen molar-refractivity contribution in [1.82, 2.24) is 0 Å². The molecule has 0 saturated carbocycles. The summed E-state index contributed by atoms with van der Waals surface area (Å²) in [6.07, 6.45) is 0. The highest BCUT2D eigenvalue weighted by molar-refractivity contribution is 14.1. The quantitative estimate of drug-likeness (QED) is 0.502. The highest BCUT2D eigenvalue weighted by atomic mass is 127. The van der Waals surface area contributed by atoms with Crippen LogP contribution in [0.25, 0.3) is 0 Å². The predicted molar refractivity (Wildman–Crippen MR) is 88.1 cm³/mol. The zero-order valence-corrected chi connectivity index (χ0v) is 13.7. The summed E-state index contributed by atoms with van der Waals surface area (Å²) in [6, 6.07) is 15.1. The van der Waals surface area contributed by atoms with E-state index < -0.39 is 0 Å². The highest BCUT2D eigenvalue weighted by Crippen LogP contribution is 2.14. The van der Waals surface area contributed by atoms with Gasteiger partial charge in [0.25, 0.3) is 0 Å². The van der Waals surface area contributed by atoms with E-state index in [-0.39, 0.29) is 12.4 Å². The molecule has 18 heavy (non-hydrogen) atoms. The van der Waals surface area contributed by atoms with E-state index in [9.17, 15) is 4.79 Å². The molecule has 0 aliphatic heterocycles. The third-order valence-corrected chi connectivity index (χ3v) is 3.79. The lowest BCUT2D eigenvalue weighted by molar-refractivity contribution is 0.0921. The normalized spacial score (nSPS) is 10.1. The van der Waals surface area contributed by atoms with Crippen LogP contribution in [0.15, 0.2) is 48.5 Å². The molecular formula is C14H10I2O2. The van der Waals surface area contributed by atoms with Crippen LogP contribution in [0.4, 0.5) is 0 Å². The Morgan fingerprint density at radius 1 is 0.889 bits per heavy atom. The van der Waals surface area contributed by atoms with E-state index in [1.807, 2.05) is 48.5 Å². The van der Waals surface area contributed by atoms with Crippen LogP contribution in [-0.4, -0.2) is 12.4 Å². The molecule has 0 fully saturated rings. The minimum Gasteiger partial charge on any atom is -0.485 e. The van der Waals surface area contributed by atoms with Gasteiger partial charge < -0.3 is 4.74 Å². The number of ketones is 1. The molecule has 2 rings (SSSR count). The number of ether oxygens (including phenoxy) is 1. The number of benzene rings is 2. The average molecular weight is 464 g/mol. The second-order valence-electron chi connectivity index (χ2n) is 3.67. The molecule has 0 heterocycles. The van der Waals surface area contributed by atoms with Gasteiger partial charge in [0.15, 0.2) is 12.4 Å². The summed E-state index contributed by atoms with van der Waals surface area (Å²) in [7, 11) is 0. The molecule has 0 aliphatic carbocycles.